The average molecular weight is 374 g/mol. The smallest absolute Gasteiger partial charge is 0.258 e. The number of carbonyl (C=O) groups excluding carboxylic acids is 1. The van der Waals surface area contributed by atoms with Gasteiger partial charge in [0.15, 0.2) is 0 Å². The summed E-state index contributed by atoms with van der Waals surface area (Å²) in [6.45, 7) is 1.12. The van der Waals surface area contributed by atoms with Crippen molar-refractivity contribution in [1.82, 2.24) is 24.4 Å². The van der Waals surface area contributed by atoms with E-state index < -0.39 is 0 Å². The van der Waals surface area contributed by atoms with Crippen molar-refractivity contribution in [1.29, 1.82) is 0 Å². The molecule has 5 rings (SSSR count). The van der Waals surface area contributed by atoms with E-state index >= 15 is 0 Å². The van der Waals surface area contributed by atoms with Crippen LogP contribution in [0.5, 0.6) is 0 Å². The van der Waals surface area contributed by atoms with E-state index in [-0.39, 0.29) is 5.91 Å². The van der Waals surface area contributed by atoms with Gasteiger partial charge in [0.2, 0.25) is 0 Å². The van der Waals surface area contributed by atoms with Crippen LogP contribution in [-0.2, 0) is 7.05 Å². The highest BCUT2D eigenvalue weighted by atomic mass is 16.1. The molecule has 142 valence electrons. The Bertz CT molecular complexity index is 1190. The number of likely N-dealkylation sites (tertiary alicyclic amines) is 1. The molecule has 1 fully saturated rings. The number of nitrogens with one attached hydrogen (secondary N) is 2. The number of rotatable bonds is 3. The van der Waals surface area contributed by atoms with Crippen molar-refractivity contribution < 1.29 is 4.79 Å². The van der Waals surface area contributed by atoms with Crippen LogP contribution in [0.3, 0.4) is 0 Å². The van der Waals surface area contributed by atoms with Crippen molar-refractivity contribution in [2.24, 2.45) is 7.05 Å². The number of aromatic nitrogens is 4. The number of anilines is 1. The second kappa shape index (κ2) is 6.45. The maximum absolute atomic E-state index is 12.6. The normalized spacial score (nSPS) is 17.6. The number of aryl methyl sites for hydroxylation is 1. The molecule has 5 heterocycles. The third kappa shape index (κ3) is 2.84. The van der Waals surface area contributed by atoms with E-state index in [1.807, 2.05) is 36.0 Å². The maximum atomic E-state index is 12.6. The predicted molar refractivity (Wildman–Crippen MR) is 109 cm³/mol. The van der Waals surface area contributed by atoms with Gasteiger partial charge in [0.1, 0.15) is 11.5 Å². The summed E-state index contributed by atoms with van der Waals surface area (Å²) >= 11 is 0. The van der Waals surface area contributed by atoms with E-state index in [4.69, 9.17) is 0 Å². The summed E-state index contributed by atoms with van der Waals surface area (Å²) < 4.78 is 1.93. The van der Waals surface area contributed by atoms with Gasteiger partial charge >= 0.3 is 0 Å². The van der Waals surface area contributed by atoms with E-state index in [0.717, 1.165) is 34.9 Å². The number of amides is 1. The minimum absolute atomic E-state index is 0.215. The highest BCUT2D eigenvalue weighted by Crippen LogP contribution is 2.32. The Labute approximate surface area is 162 Å². The van der Waals surface area contributed by atoms with Crippen molar-refractivity contribution in [2.75, 3.05) is 18.9 Å². The molecule has 0 aromatic carbocycles. The highest BCUT2D eigenvalue weighted by Gasteiger charge is 2.24. The van der Waals surface area contributed by atoms with Gasteiger partial charge in [0, 0.05) is 54.2 Å². The molecule has 4 aromatic heterocycles. The number of pyridine rings is 2. The highest BCUT2D eigenvalue weighted by molar-refractivity contribution is 6.05. The summed E-state index contributed by atoms with van der Waals surface area (Å²) in [4.78, 5) is 27.3. The van der Waals surface area contributed by atoms with Crippen LogP contribution in [-0.4, -0.2) is 43.9 Å². The minimum Gasteiger partial charge on any atom is -0.357 e. The summed E-state index contributed by atoms with van der Waals surface area (Å²) in [5.41, 5.74) is 3.56. The molecule has 0 spiro atoms. The van der Waals surface area contributed by atoms with E-state index in [1.165, 1.54) is 12.1 Å². The largest absolute Gasteiger partial charge is 0.357 e. The van der Waals surface area contributed by atoms with Crippen LogP contribution < -0.4 is 5.32 Å². The van der Waals surface area contributed by atoms with Crippen LogP contribution in [0.25, 0.3) is 21.9 Å². The van der Waals surface area contributed by atoms with Crippen LogP contribution in [0.1, 0.15) is 34.9 Å². The molecule has 1 saturated heterocycles. The van der Waals surface area contributed by atoms with E-state index in [0.29, 0.717) is 17.4 Å². The van der Waals surface area contributed by atoms with Crippen molar-refractivity contribution in [3.8, 4) is 0 Å². The molecule has 2 N–H and O–H groups in total. The van der Waals surface area contributed by atoms with E-state index in [9.17, 15) is 4.79 Å². The molecule has 0 aliphatic carbocycles. The maximum Gasteiger partial charge on any atom is 0.258 e. The molecule has 0 radical (unpaired) electrons. The number of fused-ring (bicyclic) bond motifs is 2. The first-order valence-corrected chi connectivity index (χ1v) is 9.50. The lowest BCUT2D eigenvalue weighted by Gasteiger charge is -2.17. The van der Waals surface area contributed by atoms with Crippen molar-refractivity contribution in [3.63, 3.8) is 0 Å². The number of hydrogen-bond donors (Lipinski definition) is 2. The fourth-order valence-electron chi connectivity index (χ4n) is 4.07. The number of carbonyl (C=O) groups is 1. The fraction of sp³-hybridized carbons (Fsp3) is 0.286. The van der Waals surface area contributed by atoms with Gasteiger partial charge in [-0.3, -0.25) is 9.69 Å². The molecule has 4 aromatic rings. The molecular formula is C21H22N6O. The third-order valence-corrected chi connectivity index (χ3v) is 5.61. The number of H-pyrrole nitrogens is 1. The van der Waals surface area contributed by atoms with Crippen molar-refractivity contribution >= 4 is 33.7 Å². The molecule has 1 aliphatic heterocycles. The standard InChI is InChI=1S/C21H22N6O/c1-26-6-3-4-18(26)17-9-14-11-22-19(10-16(14)24-17)25-21(28)15-8-13-5-7-27(2)20(13)23-12-15/h5,7-12,18,24H,3-4,6H2,1-2H3,(H,22,25,28)/t18-/m1/s1. The lowest BCUT2D eigenvalue weighted by Crippen LogP contribution is -2.17. The topological polar surface area (TPSA) is 78.8 Å². The Balaban J connectivity index is 1.39. The Morgan fingerprint density at radius 1 is 1.18 bits per heavy atom. The zero-order valence-electron chi connectivity index (χ0n) is 15.9. The first kappa shape index (κ1) is 16.9. The van der Waals surface area contributed by atoms with Crippen LogP contribution in [0.2, 0.25) is 0 Å². The molecule has 28 heavy (non-hydrogen) atoms. The summed E-state index contributed by atoms with van der Waals surface area (Å²) in [7, 11) is 4.09. The van der Waals surface area contributed by atoms with Gasteiger partial charge < -0.3 is 14.9 Å². The molecule has 0 bridgehead atoms. The van der Waals surface area contributed by atoms with Gasteiger partial charge in [-0.05, 0) is 44.6 Å². The molecule has 7 nitrogen and oxygen atoms in total. The lowest BCUT2D eigenvalue weighted by atomic mass is 10.1. The minimum atomic E-state index is -0.215. The Morgan fingerprint density at radius 3 is 2.89 bits per heavy atom. The van der Waals surface area contributed by atoms with Gasteiger partial charge in [0.05, 0.1) is 11.1 Å². The average Bonchev–Trinajstić information content (AvgIpc) is 3.39. The lowest BCUT2D eigenvalue weighted by molar-refractivity contribution is 0.102. The zero-order valence-corrected chi connectivity index (χ0v) is 15.9. The number of aromatic amines is 1. The zero-order chi connectivity index (χ0) is 19.3. The molecule has 0 unspecified atom stereocenters. The SMILES string of the molecule is CN1CCC[C@@H]1c1cc2cnc(NC(=O)c3cnc4c(ccn4C)c3)cc2[nH]1. The van der Waals surface area contributed by atoms with Crippen LogP contribution in [0.4, 0.5) is 5.82 Å². The molecule has 1 atom stereocenters. The summed E-state index contributed by atoms with van der Waals surface area (Å²) in [6.07, 6.45) is 7.71. The Hall–Kier alpha value is -3.19. The first-order valence-electron chi connectivity index (χ1n) is 9.50. The second-order valence-corrected chi connectivity index (χ2v) is 7.54. The number of hydrogen-bond acceptors (Lipinski definition) is 4. The third-order valence-electron chi connectivity index (χ3n) is 5.61. The van der Waals surface area contributed by atoms with Gasteiger partial charge in [-0.15, -0.1) is 0 Å². The van der Waals surface area contributed by atoms with Gasteiger partial charge in [-0.25, -0.2) is 9.97 Å². The first-order chi connectivity index (χ1) is 13.6. The van der Waals surface area contributed by atoms with Crippen LogP contribution >= 0.6 is 0 Å². The Morgan fingerprint density at radius 2 is 2.07 bits per heavy atom. The predicted octanol–water partition coefficient (Wildman–Crippen LogP) is 3.47. The quantitative estimate of drug-likeness (QED) is 0.576. The van der Waals surface area contributed by atoms with Crippen LogP contribution in [0, 0.1) is 0 Å². The number of nitrogens with zero attached hydrogens (tertiary/aromatic N) is 4. The fourth-order valence-corrected chi connectivity index (χ4v) is 4.07. The molecule has 1 amide bonds. The molecular weight excluding hydrogens is 352 g/mol. The monoisotopic (exact) mass is 374 g/mol. The van der Waals surface area contributed by atoms with E-state index in [1.54, 1.807) is 12.4 Å². The van der Waals surface area contributed by atoms with Gasteiger partial charge in [-0.1, -0.05) is 0 Å². The molecule has 1 aliphatic rings. The Kier molecular flexibility index (Phi) is 3.91. The van der Waals surface area contributed by atoms with Crippen LogP contribution in [0.15, 0.2) is 42.9 Å². The summed E-state index contributed by atoms with van der Waals surface area (Å²) in [6, 6.07) is 8.27. The van der Waals surface area contributed by atoms with Gasteiger partial charge in [-0.2, -0.15) is 0 Å². The summed E-state index contributed by atoms with van der Waals surface area (Å²) in [5.74, 6) is 0.311. The molecule has 7 heteroatoms. The molecule has 0 saturated carbocycles. The summed E-state index contributed by atoms with van der Waals surface area (Å²) in [5, 5.41) is 4.88. The van der Waals surface area contributed by atoms with Crippen molar-refractivity contribution in [2.45, 2.75) is 18.9 Å². The van der Waals surface area contributed by atoms with Crippen molar-refractivity contribution in [3.05, 3.63) is 54.1 Å². The second-order valence-electron chi connectivity index (χ2n) is 7.54. The van der Waals surface area contributed by atoms with E-state index in [2.05, 4.69) is 38.3 Å². The van der Waals surface area contributed by atoms with Gasteiger partial charge in [0.25, 0.3) is 5.91 Å².